The highest BCUT2D eigenvalue weighted by atomic mass is 16.5. The molecule has 0 N–H and O–H groups in total. The number of fused-ring (bicyclic) bond motifs is 3. The van der Waals surface area contributed by atoms with E-state index in [0.717, 1.165) is 11.1 Å². The molecule has 0 aliphatic heterocycles. The predicted molar refractivity (Wildman–Crippen MR) is 66.2 cm³/mol. The average molecular weight is 244 g/mol. The summed E-state index contributed by atoms with van der Waals surface area (Å²) in [5.41, 5.74) is 0.927. The quantitative estimate of drug-likeness (QED) is 0.590. The van der Waals surface area contributed by atoms with E-state index < -0.39 is 5.41 Å². The van der Waals surface area contributed by atoms with Crippen LogP contribution in [0.2, 0.25) is 0 Å². The van der Waals surface area contributed by atoms with Gasteiger partial charge in [-0.3, -0.25) is 9.59 Å². The van der Waals surface area contributed by atoms with Crippen molar-refractivity contribution in [1.29, 1.82) is 0 Å². The molecule has 1 fully saturated rings. The molecule has 1 saturated carbocycles. The highest BCUT2D eigenvalue weighted by Gasteiger charge is 2.72. The number of hydrogen-bond donors (Lipinski definition) is 0. The maximum absolute atomic E-state index is 12.3. The Morgan fingerprint density at radius 3 is 2.72 bits per heavy atom. The molecule has 2 atom stereocenters. The average Bonchev–Trinajstić information content (AvgIpc) is 2.56. The van der Waals surface area contributed by atoms with Crippen LogP contribution >= 0.6 is 0 Å². The normalized spacial score (nSPS) is 32.4. The molecule has 0 spiro atoms. The first-order chi connectivity index (χ1) is 8.56. The molecular weight excluding hydrogens is 228 g/mol. The number of ketones is 1. The second-order valence-electron chi connectivity index (χ2n) is 5.39. The van der Waals surface area contributed by atoms with Crippen LogP contribution in [0.1, 0.15) is 31.4 Å². The van der Waals surface area contributed by atoms with Crippen molar-refractivity contribution in [3.05, 3.63) is 35.4 Å². The number of esters is 1. The number of ether oxygens (including phenoxy) is 1. The maximum atomic E-state index is 12.3. The first-order valence-electron chi connectivity index (χ1n) is 6.35. The van der Waals surface area contributed by atoms with Gasteiger partial charge >= 0.3 is 5.97 Å². The predicted octanol–water partition coefficient (Wildman–Crippen LogP) is 2.02. The van der Waals surface area contributed by atoms with Crippen LogP contribution in [0.25, 0.3) is 0 Å². The molecule has 2 aliphatic rings. The molecule has 0 bridgehead atoms. The Bertz CT molecular complexity index is 548. The van der Waals surface area contributed by atoms with Crippen molar-refractivity contribution in [1.82, 2.24) is 0 Å². The highest BCUT2D eigenvalue weighted by molar-refractivity contribution is 6.13. The van der Waals surface area contributed by atoms with Crippen molar-refractivity contribution in [3.8, 4) is 0 Å². The molecule has 1 aromatic carbocycles. The number of Topliss-reactive ketones (excluding diaryl/α,β-unsaturated/α-hetero) is 1. The van der Waals surface area contributed by atoms with Crippen LogP contribution in [0.3, 0.4) is 0 Å². The summed E-state index contributed by atoms with van der Waals surface area (Å²) in [4.78, 5) is 24.4. The molecule has 3 rings (SSSR count). The van der Waals surface area contributed by atoms with Crippen LogP contribution in [0.4, 0.5) is 0 Å². The molecule has 0 amide bonds. The molecule has 3 nitrogen and oxygen atoms in total. The number of carbonyl (C=O) groups excluding carboxylic acids is 2. The Hall–Kier alpha value is -1.64. The SMILES string of the molecule is CCOC(=O)[C@]12Cc3ccccc3[C@@]1(C)CC2=O. The fraction of sp³-hybridized carbons (Fsp3) is 0.467. The van der Waals surface area contributed by atoms with Gasteiger partial charge in [-0.1, -0.05) is 31.2 Å². The third kappa shape index (κ3) is 1.05. The smallest absolute Gasteiger partial charge is 0.320 e. The van der Waals surface area contributed by atoms with Crippen LogP contribution in [-0.4, -0.2) is 18.4 Å². The molecule has 18 heavy (non-hydrogen) atoms. The Morgan fingerprint density at radius 2 is 2.06 bits per heavy atom. The van der Waals surface area contributed by atoms with Gasteiger partial charge in [-0.05, 0) is 24.5 Å². The van der Waals surface area contributed by atoms with Crippen LogP contribution in [0, 0.1) is 5.41 Å². The van der Waals surface area contributed by atoms with Gasteiger partial charge < -0.3 is 4.74 Å². The first kappa shape index (κ1) is 11.5. The lowest BCUT2D eigenvalue weighted by Crippen LogP contribution is -2.63. The fourth-order valence-corrected chi connectivity index (χ4v) is 3.61. The van der Waals surface area contributed by atoms with E-state index in [1.165, 1.54) is 0 Å². The van der Waals surface area contributed by atoms with Crippen molar-refractivity contribution in [2.24, 2.45) is 5.41 Å². The maximum Gasteiger partial charge on any atom is 0.320 e. The minimum absolute atomic E-state index is 0.0275. The minimum Gasteiger partial charge on any atom is -0.465 e. The van der Waals surface area contributed by atoms with E-state index in [-0.39, 0.29) is 17.2 Å². The molecule has 0 saturated heterocycles. The lowest BCUT2D eigenvalue weighted by atomic mass is 9.49. The number of benzene rings is 1. The molecule has 1 aromatic rings. The molecule has 94 valence electrons. The van der Waals surface area contributed by atoms with Crippen molar-refractivity contribution < 1.29 is 14.3 Å². The van der Waals surface area contributed by atoms with Crippen LogP contribution in [0.15, 0.2) is 24.3 Å². The van der Waals surface area contributed by atoms with Gasteiger partial charge in [0, 0.05) is 11.8 Å². The van der Waals surface area contributed by atoms with E-state index in [4.69, 9.17) is 4.74 Å². The molecule has 2 aliphatic carbocycles. The van der Waals surface area contributed by atoms with E-state index in [0.29, 0.717) is 19.4 Å². The zero-order valence-electron chi connectivity index (χ0n) is 10.7. The van der Waals surface area contributed by atoms with Crippen LogP contribution < -0.4 is 0 Å². The van der Waals surface area contributed by atoms with E-state index in [9.17, 15) is 9.59 Å². The topological polar surface area (TPSA) is 43.4 Å². The Balaban J connectivity index is 2.12. The van der Waals surface area contributed by atoms with Crippen molar-refractivity contribution in [2.75, 3.05) is 6.61 Å². The van der Waals surface area contributed by atoms with E-state index in [1.807, 2.05) is 31.2 Å². The van der Waals surface area contributed by atoms with E-state index in [1.54, 1.807) is 6.92 Å². The molecule has 3 heteroatoms. The standard InChI is InChI=1S/C15H16O3/c1-3-18-13(17)15-8-10-6-4-5-7-11(10)14(15,2)9-12(15)16/h4-7H,3,8-9H2,1-2H3/t14-,15-/m1/s1. The Morgan fingerprint density at radius 1 is 1.33 bits per heavy atom. The van der Waals surface area contributed by atoms with E-state index >= 15 is 0 Å². The second-order valence-corrected chi connectivity index (χ2v) is 5.39. The second kappa shape index (κ2) is 3.44. The van der Waals surface area contributed by atoms with Crippen LogP contribution in [0.5, 0.6) is 0 Å². The largest absolute Gasteiger partial charge is 0.465 e. The third-order valence-electron chi connectivity index (χ3n) is 4.62. The van der Waals surface area contributed by atoms with Gasteiger partial charge in [0.15, 0.2) is 5.78 Å². The number of carbonyl (C=O) groups is 2. The Kier molecular flexibility index (Phi) is 2.19. The lowest BCUT2D eigenvalue weighted by Gasteiger charge is -2.49. The van der Waals surface area contributed by atoms with E-state index in [2.05, 4.69) is 0 Å². The van der Waals surface area contributed by atoms with Crippen molar-refractivity contribution >= 4 is 11.8 Å². The van der Waals surface area contributed by atoms with Gasteiger partial charge in [0.2, 0.25) is 0 Å². The van der Waals surface area contributed by atoms with Crippen molar-refractivity contribution in [2.45, 2.75) is 32.1 Å². The summed E-state index contributed by atoms with van der Waals surface area (Å²) in [5.74, 6) is -0.320. The van der Waals surface area contributed by atoms with Gasteiger partial charge in [-0.2, -0.15) is 0 Å². The van der Waals surface area contributed by atoms with Gasteiger partial charge in [0.05, 0.1) is 6.61 Å². The van der Waals surface area contributed by atoms with Crippen LogP contribution in [-0.2, 0) is 26.2 Å². The van der Waals surface area contributed by atoms with Gasteiger partial charge in [-0.15, -0.1) is 0 Å². The highest BCUT2D eigenvalue weighted by Crippen LogP contribution is 2.62. The third-order valence-corrected chi connectivity index (χ3v) is 4.62. The van der Waals surface area contributed by atoms with Gasteiger partial charge in [0.1, 0.15) is 5.41 Å². The summed E-state index contributed by atoms with van der Waals surface area (Å²) in [7, 11) is 0. The molecule has 0 aromatic heterocycles. The summed E-state index contributed by atoms with van der Waals surface area (Å²) in [5, 5.41) is 0. The van der Waals surface area contributed by atoms with Crippen molar-refractivity contribution in [3.63, 3.8) is 0 Å². The number of rotatable bonds is 2. The summed E-state index contributed by atoms with van der Waals surface area (Å²) < 4.78 is 5.16. The summed E-state index contributed by atoms with van der Waals surface area (Å²) in [6.07, 6.45) is 0.945. The lowest BCUT2D eigenvalue weighted by molar-refractivity contribution is -0.174. The first-order valence-corrected chi connectivity index (χ1v) is 6.35. The monoisotopic (exact) mass is 244 g/mol. The molecular formula is C15H16O3. The summed E-state index contributed by atoms with van der Waals surface area (Å²) in [6, 6.07) is 7.96. The molecule has 0 radical (unpaired) electrons. The summed E-state index contributed by atoms with van der Waals surface area (Å²) in [6.45, 7) is 4.11. The number of hydrogen-bond acceptors (Lipinski definition) is 3. The van der Waals surface area contributed by atoms with Gasteiger partial charge in [-0.25, -0.2) is 0 Å². The Labute approximate surface area is 106 Å². The van der Waals surface area contributed by atoms with Gasteiger partial charge in [0.25, 0.3) is 0 Å². The zero-order valence-corrected chi connectivity index (χ0v) is 10.7. The molecule has 0 unspecified atom stereocenters. The molecule has 0 heterocycles. The summed E-state index contributed by atoms with van der Waals surface area (Å²) >= 11 is 0. The minimum atomic E-state index is -0.952. The zero-order chi connectivity index (χ0) is 13.0. The fourth-order valence-electron chi connectivity index (χ4n) is 3.61.